The van der Waals surface area contributed by atoms with Crippen LogP contribution in [0.5, 0.6) is 0 Å². The van der Waals surface area contributed by atoms with Crippen molar-refractivity contribution in [1.29, 1.82) is 0 Å². The number of hydrogen-bond donors (Lipinski definition) is 0. The zero-order valence-electron chi connectivity index (χ0n) is 11.6. The highest BCUT2D eigenvalue weighted by atomic mass is 35.6. The van der Waals surface area contributed by atoms with Gasteiger partial charge in [0.2, 0.25) is 8.25 Å². The normalized spacial score (nSPS) is 20.1. The highest BCUT2D eigenvalue weighted by Gasteiger charge is 2.53. The maximum absolute atomic E-state index is 6.22. The molecule has 3 nitrogen and oxygen atoms in total. The Hall–Kier alpha value is 0.720. The third-order valence-corrected chi connectivity index (χ3v) is 5.62. The first-order valence-electron chi connectivity index (χ1n) is 6.79. The van der Waals surface area contributed by atoms with Crippen LogP contribution in [0.25, 0.3) is 0 Å². The van der Waals surface area contributed by atoms with Gasteiger partial charge in [-0.25, -0.2) is 0 Å². The molecule has 0 saturated heterocycles. The van der Waals surface area contributed by atoms with Gasteiger partial charge in [-0.15, -0.1) is 0 Å². The van der Waals surface area contributed by atoms with Crippen LogP contribution >= 0.6 is 58.0 Å². The first kappa shape index (κ1) is 18.8. The number of halogens is 5. The maximum Gasteiger partial charge on any atom is 0.241 e. The summed E-state index contributed by atoms with van der Waals surface area (Å²) in [6.07, 6.45) is 6.90. The Morgan fingerprint density at radius 2 is 1.70 bits per heavy atom. The first-order chi connectivity index (χ1) is 9.25. The molecule has 1 atom stereocenters. The van der Waals surface area contributed by atoms with Gasteiger partial charge in [0.15, 0.2) is 0 Å². The van der Waals surface area contributed by atoms with Gasteiger partial charge in [-0.3, -0.25) is 5.01 Å². The van der Waals surface area contributed by atoms with Crippen molar-refractivity contribution in [2.45, 2.75) is 60.4 Å². The van der Waals surface area contributed by atoms with E-state index in [4.69, 9.17) is 58.0 Å². The smallest absolute Gasteiger partial charge is 0.241 e. The van der Waals surface area contributed by atoms with Gasteiger partial charge in [0.05, 0.1) is 0 Å². The molecule has 20 heavy (non-hydrogen) atoms. The van der Waals surface area contributed by atoms with Gasteiger partial charge in [-0.05, 0) is 12.8 Å². The molecule has 1 rings (SSSR count). The van der Waals surface area contributed by atoms with Gasteiger partial charge in [-0.1, -0.05) is 91.1 Å². The summed E-state index contributed by atoms with van der Waals surface area (Å²) in [5, 5.41) is 6.29. The number of rotatable bonds is 7. The van der Waals surface area contributed by atoms with E-state index in [1.54, 1.807) is 11.2 Å². The van der Waals surface area contributed by atoms with Crippen LogP contribution in [0.2, 0.25) is 0 Å². The van der Waals surface area contributed by atoms with E-state index in [9.17, 15) is 0 Å². The zero-order chi connectivity index (χ0) is 15.4. The van der Waals surface area contributed by atoms with Crippen LogP contribution in [-0.4, -0.2) is 37.2 Å². The van der Waals surface area contributed by atoms with Crippen molar-refractivity contribution in [3.8, 4) is 0 Å². The second-order valence-corrected chi connectivity index (χ2v) is 8.36. The van der Waals surface area contributed by atoms with E-state index < -0.39 is 8.25 Å². The molecule has 0 aromatic carbocycles. The van der Waals surface area contributed by atoms with Gasteiger partial charge < -0.3 is 4.90 Å². The van der Waals surface area contributed by atoms with E-state index in [1.807, 2.05) is 11.9 Å². The van der Waals surface area contributed by atoms with Crippen LogP contribution in [0.4, 0.5) is 0 Å². The third-order valence-electron chi connectivity index (χ3n) is 3.26. The summed E-state index contributed by atoms with van der Waals surface area (Å²) in [5.74, 6) is 0. The molecule has 1 aliphatic rings. The Morgan fingerprint density at radius 1 is 1.05 bits per heavy atom. The van der Waals surface area contributed by atoms with E-state index >= 15 is 0 Å². The minimum Gasteiger partial charge on any atom is -0.304 e. The first-order valence-corrected chi connectivity index (χ1v) is 8.68. The molecular weight excluding hydrogens is 363 g/mol. The van der Waals surface area contributed by atoms with Crippen molar-refractivity contribution in [3.05, 3.63) is 0 Å². The van der Waals surface area contributed by atoms with E-state index in [1.165, 1.54) is 19.3 Å². The van der Waals surface area contributed by atoms with Crippen LogP contribution in [-0.2, 0) is 0 Å². The summed E-state index contributed by atoms with van der Waals surface area (Å²) in [5.41, 5.74) is 0. The number of nitrogens with zero attached hydrogens (tertiary/aromatic N) is 3. The predicted octanol–water partition coefficient (Wildman–Crippen LogP) is 5.37. The lowest BCUT2D eigenvalue weighted by Crippen LogP contribution is -2.54. The molecule has 0 fully saturated rings. The summed E-state index contributed by atoms with van der Waals surface area (Å²) in [6.45, 7) is 5.05. The second-order valence-electron chi connectivity index (χ2n) is 4.79. The monoisotopic (exact) mass is 381 g/mol. The molecule has 0 radical (unpaired) electrons. The Labute approximate surface area is 146 Å². The predicted molar refractivity (Wildman–Crippen MR) is 90.0 cm³/mol. The molecule has 0 saturated carbocycles. The van der Waals surface area contributed by atoms with Gasteiger partial charge >= 0.3 is 0 Å². The van der Waals surface area contributed by atoms with E-state index in [2.05, 4.69) is 12.0 Å². The van der Waals surface area contributed by atoms with Crippen LogP contribution in [0, 0.1) is 0 Å². The van der Waals surface area contributed by atoms with E-state index in [0.29, 0.717) is 0 Å². The fourth-order valence-electron chi connectivity index (χ4n) is 2.14. The molecule has 0 aromatic rings. The maximum atomic E-state index is 6.22. The SMILES string of the molecule is CCCCCCN1N=CN(C(Cl)(Cl)C(Cl)(Cl)Cl)C1CC. The summed E-state index contributed by atoms with van der Waals surface area (Å²) >= 11 is 30.0. The molecule has 118 valence electrons. The average molecular weight is 384 g/mol. The Balaban J connectivity index is 2.67. The molecule has 0 amide bonds. The molecule has 0 N–H and O–H groups in total. The van der Waals surface area contributed by atoms with E-state index in [0.717, 1.165) is 19.4 Å². The van der Waals surface area contributed by atoms with Crippen LogP contribution in [0.15, 0.2) is 5.10 Å². The molecule has 1 aliphatic heterocycles. The van der Waals surface area contributed by atoms with Crippen molar-refractivity contribution in [1.82, 2.24) is 9.91 Å². The molecule has 0 aromatic heterocycles. The molecule has 1 heterocycles. The minimum atomic E-state index is -1.83. The van der Waals surface area contributed by atoms with Crippen molar-refractivity contribution < 1.29 is 0 Å². The standard InChI is InChI=1S/C12H20Cl5N3/c1-3-5-6-7-8-20-10(4-2)19(9-18-20)12(16,17)11(13,14)15/h9-10H,3-8H2,1-2H3. The number of alkyl halides is 5. The average Bonchev–Trinajstić information content (AvgIpc) is 2.76. The van der Waals surface area contributed by atoms with Gasteiger partial charge in [-0.2, -0.15) is 5.10 Å². The van der Waals surface area contributed by atoms with Crippen LogP contribution in [0.3, 0.4) is 0 Å². The highest BCUT2D eigenvalue weighted by Crippen LogP contribution is 2.49. The number of hydrogen-bond acceptors (Lipinski definition) is 3. The summed E-state index contributed by atoms with van der Waals surface area (Å²) in [4.78, 5) is 1.60. The number of hydrazone groups is 1. The van der Waals surface area contributed by atoms with Gasteiger partial charge in [0.25, 0.3) is 0 Å². The highest BCUT2D eigenvalue weighted by molar-refractivity contribution is 6.75. The lowest BCUT2D eigenvalue weighted by atomic mass is 10.2. The quantitative estimate of drug-likeness (QED) is 0.334. The molecular formula is C12H20Cl5N3. The van der Waals surface area contributed by atoms with Crippen molar-refractivity contribution in [3.63, 3.8) is 0 Å². The van der Waals surface area contributed by atoms with Crippen LogP contribution in [0.1, 0.15) is 46.0 Å². The van der Waals surface area contributed by atoms with Gasteiger partial charge in [0, 0.05) is 6.54 Å². The summed E-state index contributed by atoms with van der Waals surface area (Å²) in [6, 6.07) is 0. The summed E-state index contributed by atoms with van der Waals surface area (Å²) in [7, 11) is 0. The molecule has 0 aliphatic carbocycles. The topological polar surface area (TPSA) is 18.8 Å². The number of unbranched alkanes of at least 4 members (excludes halogenated alkanes) is 3. The third kappa shape index (κ3) is 4.36. The summed E-state index contributed by atoms with van der Waals surface area (Å²) < 4.78 is -3.48. The Kier molecular flexibility index (Phi) is 7.34. The fourth-order valence-corrected chi connectivity index (χ4v) is 2.75. The van der Waals surface area contributed by atoms with Crippen molar-refractivity contribution in [2.75, 3.05) is 6.54 Å². The fraction of sp³-hybridized carbons (Fsp3) is 0.917. The lowest BCUT2D eigenvalue weighted by molar-refractivity contribution is 0.108. The van der Waals surface area contributed by atoms with Crippen molar-refractivity contribution >= 4 is 64.3 Å². The zero-order valence-corrected chi connectivity index (χ0v) is 15.4. The second kappa shape index (κ2) is 7.82. The van der Waals surface area contributed by atoms with Crippen molar-refractivity contribution in [2.24, 2.45) is 5.10 Å². The van der Waals surface area contributed by atoms with E-state index in [-0.39, 0.29) is 6.17 Å². The minimum absolute atomic E-state index is 0.0951. The van der Waals surface area contributed by atoms with Crippen LogP contribution < -0.4 is 0 Å². The molecule has 0 spiro atoms. The van der Waals surface area contributed by atoms with Gasteiger partial charge in [0.1, 0.15) is 12.5 Å². The molecule has 0 bridgehead atoms. The lowest BCUT2D eigenvalue weighted by Gasteiger charge is -2.40. The Morgan fingerprint density at radius 3 is 2.20 bits per heavy atom. The Bertz CT molecular complexity index is 330. The molecule has 1 unspecified atom stereocenters. The molecule has 8 heteroatoms. The largest absolute Gasteiger partial charge is 0.304 e.